The number of hydrogen-bond donors (Lipinski definition) is 2. The monoisotopic (exact) mass is 376 g/mol. The third-order valence-corrected chi connectivity index (χ3v) is 4.73. The van der Waals surface area contributed by atoms with Crippen LogP contribution < -0.4 is 15.8 Å². The quantitative estimate of drug-likeness (QED) is 0.766. The third kappa shape index (κ3) is 5.06. The Hall–Kier alpha value is -2.87. The van der Waals surface area contributed by atoms with Crippen LogP contribution in [0, 0.1) is 6.92 Å². The Bertz CT molecular complexity index is 938. The molecule has 0 atom stereocenters. The summed E-state index contributed by atoms with van der Waals surface area (Å²) in [5, 5.41) is 2.71. The molecule has 3 N–H and O–H groups in total. The number of aryl methyl sites for hydroxylation is 1. The number of benzene rings is 2. The molecule has 0 saturated carbocycles. The average Bonchev–Trinajstić information content (AvgIpc) is 2.55. The summed E-state index contributed by atoms with van der Waals surface area (Å²) in [6.07, 6.45) is 1.14. The molecule has 0 aromatic heterocycles. The SMILES string of the molecule is Cc1ccc(S(C)(=O)=O)cc1C(=O)Nc1ccccc1OCCC(N)=O. The topological polar surface area (TPSA) is 116 Å². The van der Waals surface area contributed by atoms with E-state index in [-0.39, 0.29) is 23.5 Å². The van der Waals surface area contributed by atoms with Crippen LogP contribution in [0.3, 0.4) is 0 Å². The predicted molar refractivity (Wildman–Crippen MR) is 98.0 cm³/mol. The molecular formula is C18H20N2O5S. The molecular weight excluding hydrogens is 356 g/mol. The van der Waals surface area contributed by atoms with Crippen LogP contribution in [0.25, 0.3) is 0 Å². The van der Waals surface area contributed by atoms with Crippen molar-refractivity contribution < 1.29 is 22.7 Å². The number of primary amides is 1. The van der Waals surface area contributed by atoms with Gasteiger partial charge in [-0.3, -0.25) is 9.59 Å². The van der Waals surface area contributed by atoms with Crippen LogP contribution in [-0.4, -0.2) is 33.1 Å². The highest BCUT2D eigenvalue weighted by Gasteiger charge is 2.16. The first-order valence-electron chi connectivity index (χ1n) is 7.80. The van der Waals surface area contributed by atoms with Crippen LogP contribution in [0.15, 0.2) is 47.4 Å². The predicted octanol–water partition coefficient (Wildman–Crippen LogP) is 1.91. The standard InChI is InChI=1S/C18H20N2O5S/c1-12-7-8-13(26(2,23)24)11-14(12)18(22)20-15-5-3-4-6-16(15)25-10-9-17(19)21/h3-8,11H,9-10H2,1-2H3,(H2,19,21)(H,20,22). The van der Waals surface area contributed by atoms with E-state index < -0.39 is 21.7 Å². The van der Waals surface area contributed by atoms with Crippen molar-refractivity contribution in [3.63, 3.8) is 0 Å². The zero-order valence-corrected chi connectivity index (χ0v) is 15.3. The van der Waals surface area contributed by atoms with Crippen molar-refractivity contribution in [3.8, 4) is 5.75 Å². The van der Waals surface area contributed by atoms with Crippen LogP contribution in [-0.2, 0) is 14.6 Å². The summed E-state index contributed by atoms with van der Waals surface area (Å²) in [6.45, 7) is 1.81. The van der Waals surface area contributed by atoms with E-state index in [2.05, 4.69) is 5.32 Å². The van der Waals surface area contributed by atoms with Gasteiger partial charge in [0.2, 0.25) is 5.91 Å². The van der Waals surface area contributed by atoms with E-state index in [0.717, 1.165) is 6.26 Å². The van der Waals surface area contributed by atoms with E-state index in [0.29, 0.717) is 17.0 Å². The van der Waals surface area contributed by atoms with Gasteiger partial charge in [0.1, 0.15) is 5.75 Å². The second-order valence-corrected chi connectivity index (χ2v) is 7.78. The van der Waals surface area contributed by atoms with E-state index in [4.69, 9.17) is 10.5 Å². The number of nitrogens with one attached hydrogen (secondary N) is 1. The molecule has 2 aromatic rings. The minimum atomic E-state index is -3.43. The Labute approximate surface area is 152 Å². The summed E-state index contributed by atoms with van der Waals surface area (Å²) in [5.41, 5.74) is 6.38. The lowest BCUT2D eigenvalue weighted by Crippen LogP contribution is -2.17. The number of ether oxygens (including phenoxy) is 1. The maximum absolute atomic E-state index is 12.6. The molecule has 0 radical (unpaired) electrons. The van der Waals surface area contributed by atoms with Gasteiger partial charge in [0.05, 0.1) is 23.6 Å². The van der Waals surface area contributed by atoms with E-state index >= 15 is 0 Å². The minimum absolute atomic E-state index is 0.0534. The first kappa shape index (κ1) is 19.5. The molecule has 0 heterocycles. The van der Waals surface area contributed by atoms with Crippen molar-refractivity contribution in [1.29, 1.82) is 0 Å². The maximum atomic E-state index is 12.6. The largest absolute Gasteiger partial charge is 0.491 e. The first-order valence-corrected chi connectivity index (χ1v) is 9.70. The maximum Gasteiger partial charge on any atom is 0.256 e. The van der Waals surface area contributed by atoms with E-state index in [1.165, 1.54) is 12.1 Å². The Morgan fingerprint density at radius 3 is 2.50 bits per heavy atom. The van der Waals surface area contributed by atoms with Crippen molar-refractivity contribution in [3.05, 3.63) is 53.6 Å². The Kier molecular flexibility index (Phi) is 5.99. The summed E-state index contributed by atoms with van der Waals surface area (Å²) in [5.74, 6) is -0.558. The Morgan fingerprint density at radius 2 is 1.85 bits per heavy atom. The number of rotatable bonds is 7. The first-order chi connectivity index (χ1) is 12.2. The average molecular weight is 376 g/mol. The van der Waals surface area contributed by atoms with Gasteiger partial charge in [0.15, 0.2) is 9.84 Å². The molecule has 2 amide bonds. The molecule has 0 unspecified atom stereocenters. The molecule has 2 rings (SSSR count). The molecule has 0 aliphatic carbocycles. The lowest BCUT2D eigenvalue weighted by atomic mass is 10.1. The Balaban J connectivity index is 2.24. The smallest absolute Gasteiger partial charge is 0.256 e. The molecule has 0 aliphatic heterocycles. The highest BCUT2D eigenvalue weighted by atomic mass is 32.2. The fourth-order valence-electron chi connectivity index (χ4n) is 2.22. The molecule has 0 spiro atoms. The molecule has 0 aliphatic rings. The fraction of sp³-hybridized carbons (Fsp3) is 0.222. The highest BCUT2D eigenvalue weighted by molar-refractivity contribution is 7.90. The molecule has 8 heteroatoms. The number of carbonyl (C=O) groups excluding carboxylic acids is 2. The van der Waals surface area contributed by atoms with E-state index in [1.807, 2.05) is 0 Å². The Morgan fingerprint density at radius 1 is 1.15 bits per heavy atom. The number of nitrogens with two attached hydrogens (primary N) is 1. The molecule has 2 aromatic carbocycles. The van der Waals surface area contributed by atoms with Gasteiger partial charge in [-0.25, -0.2) is 8.42 Å². The van der Waals surface area contributed by atoms with Gasteiger partial charge in [-0.05, 0) is 36.8 Å². The van der Waals surface area contributed by atoms with Crippen molar-refractivity contribution in [1.82, 2.24) is 0 Å². The van der Waals surface area contributed by atoms with Crippen LogP contribution in [0.1, 0.15) is 22.3 Å². The van der Waals surface area contributed by atoms with E-state index in [9.17, 15) is 18.0 Å². The van der Waals surface area contributed by atoms with E-state index in [1.54, 1.807) is 37.3 Å². The third-order valence-electron chi connectivity index (χ3n) is 3.62. The molecule has 138 valence electrons. The van der Waals surface area contributed by atoms with Crippen molar-refractivity contribution in [2.24, 2.45) is 5.73 Å². The lowest BCUT2D eigenvalue weighted by molar-refractivity contribution is -0.118. The summed E-state index contributed by atoms with van der Waals surface area (Å²) in [7, 11) is -3.43. The van der Waals surface area contributed by atoms with Gasteiger partial charge < -0.3 is 15.8 Å². The van der Waals surface area contributed by atoms with Crippen molar-refractivity contribution >= 4 is 27.3 Å². The van der Waals surface area contributed by atoms with Crippen LogP contribution in [0.2, 0.25) is 0 Å². The van der Waals surface area contributed by atoms with Gasteiger partial charge in [-0.15, -0.1) is 0 Å². The molecule has 0 fully saturated rings. The molecule has 7 nitrogen and oxygen atoms in total. The second kappa shape index (κ2) is 8.01. The molecule has 0 bridgehead atoms. The van der Waals surface area contributed by atoms with Crippen LogP contribution >= 0.6 is 0 Å². The summed E-state index contributed by atoms with van der Waals surface area (Å²) in [6, 6.07) is 11.1. The van der Waals surface area contributed by atoms with Crippen molar-refractivity contribution in [2.75, 3.05) is 18.2 Å². The number of anilines is 1. The summed E-state index contributed by atoms with van der Waals surface area (Å²) in [4.78, 5) is 23.5. The lowest BCUT2D eigenvalue weighted by Gasteiger charge is -2.13. The second-order valence-electron chi connectivity index (χ2n) is 5.76. The minimum Gasteiger partial charge on any atom is -0.491 e. The molecule has 26 heavy (non-hydrogen) atoms. The summed E-state index contributed by atoms with van der Waals surface area (Å²) < 4.78 is 28.9. The summed E-state index contributed by atoms with van der Waals surface area (Å²) >= 11 is 0. The number of sulfone groups is 1. The number of amides is 2. The van der Waals surface area contributed by atoms with Gasteiger partial charge in [0, 0.05) is 11.8 Å². The van der Waals surface area contributed by atoms with Gasteiger partial charge in [-0.1, -0.05) is 18.2 Å². The zero-order chi connectivity index (χ0) is 19.3. The highest BCUT2D eigenvalue weighted by Crippen LogP contribution is 2.25. The number of para-hydroxylation sites is 2. The van der Waals surface area contributed by atoms with Crippen molar-refractivity contribution in [2.45, 2.75) is 18.2 Å². The van der Waals surface area contributed by atoms with Crippen LogP contribution in [0.4, 0.5) is 5.69 Å². The van der Waals surface area contributed by atoms with Gasteiger partial charge >= 0.3 is 0 Å². The van der Waals surface area contributed by atoms with Gasteiger partial charge in [-0.2, -0.15) is 0 Å². The van der Waals surface area contributed by atoms with Gasteiger partial charge in [0.25, 0.3) is 5.91 Å². The van der Waals surface area contributed by atoms with Crippen LogP contribution in [0.5, 0.6) is 5.75 Å². The molecule has 0 saturated heterocycles. The fourth-order valence-corrected chi connectivity index (χ4v) is 2.87. The normalized spacial score (nSPS) is 11.0. The number of hydrogen-bond acceptors (Lipinski definition) is 5. The zero-order valence-electron chi connectivity index (χ0n) is 14.5. The number of carbonyl (C=O) groups is 2.